The van der Waals surface area contributed by atoms with Crippen LogP contribution in [0.25, 0.3) is 0 Å². The van der Waals surface area contributed by atoms with Gasteiger partial charge in [0.1, 0.15) is 5.75 Å². The van der Waals surface area contributed by atoms with Crippen LogP contribution in [0, 0.1) is 30.6 Å². The number of Topliss-reactive ketones (excluding diaryl/α,β-unsaturated/α-hetero) is 1. The van der Waals surface area contributed by atoms with Gasteiger partial charge in [0, 0.05) is 0 Å². The molecule has 1 aliphatic heterocycles. The number of ether oxygens (including phenoxy) is 2. The van der Waals surface area contributed by atoms with Gasteiger partial charge in [0.25, 0.3) is 0 Å². The van der Waals surface area contributed by atoms with E-state index in [1.807, 2.05) is 26.0 Å². The van der Waals surface area contributed by atoms with Crippen LogP contribution in [0.4, 0.5) is 0 Å². The predicted octanol–water partition coefficient (Wildman–Crippen LogP) is 2.03. The van der Waals surface area contributed by atoms with Gasteiger partial charge in [-0.05, 0) is 31.0 Å². The topological polar surface area (TPSA) is 59.3 Å². The van der Waals surface area contributed by atoms with Crippen LogP contribution in [0.15, 0.2) is 12.1 Å². The highest BCUT2D eigenvalue weighted by atomic mass is 16.5. The number of nitriles is 1. The van der Waals surface area contributed by atoms with E-state index in [0.29, 0.717) is 11.3 Å². The van der Waals surface area contributed by atoms with E-state index in [4.69, 9.17) is 9.47 Å². The van der Waals surface area contributed by atoms with Crippen molar-refractivity contribution < 1.29 is 14.3 Å². The normalized spacial score (nSPS) is 16.6. The maximum absolute atomic E-state index is 12.5. The molecule has 0 atom stereocenters. The number of ketones is 1. The van der Waals surface area contributed by atoms with E-state index in [1.54, 1.807) is 0 Å². The van der Waals surface area contributed by atoms with Crippen LogP contribution in [-0.4, -0.2) is 26.1 Å². The lowest BCUT2D eigenvalue weighted by Crippen LogP contribution is -2.48. The first kappa shape index (κ1) is 12.6. The number of hydrogen-bond acceptors (Lipinski definition) is 4. The van der Waals surface area contributed by atoms with E-state index in [9.17, 15) is 10.1 Å². The molecule has 0 radical (unpaired) electrons. The smallest absolute Gasteiger partial charge is 0.191 e. The molecule has 1 aliphatic rings. The Bertz CT molecular complexity index is 539. The standard InChI is InChI=1S/C14H15NO3/c1-9-4-10(2)12(11(5-9)17-3)13(16)14(6-15)7-18-8-14/h4-5H,7-8H2,1-3H3. The molecule has 1 saturated heterocycles. The molecule has 0 saturated carbocycles. The first-order chi connectivity index (χ1) is 8.54. The molecule has 4 heteroatoms. The average Bonchev–Trinajstić information content (AvgIpc) is 2.26. The third-order valence-electron chi connectivity index (χ3n) is 3.24. The minimum absolute atomic E-state index is 0.165. The van der Waals surface area contributed by atoms with Crippen molar-refractivity contribution in [3.05, 3.63) is 28.8 Å². The van der Waals surface area contributed by atoms with Crippen molar-refractivity contribution in [2.45, 2.75) is 13.8 Å². The molecule has 0 bridgehead atoms. The highest BCUT2D eigenvalue weighted by Gasteiger charge is 2.48. The fourth-order valence-electron chi connectivity index (χ4n) is 2.17. The number of rotatable bonds is 3. The summed E-state index contributed by atoms with van der Waals surface area (Å²) >= 11 is 0. The van der Waals surface area contributed by atoms with Gasteiger partial charge in [-0.25, -0.2) is 0 Å². The number of carbonyl (C=O) groups is 1. The number of methoxy groups -OCH3 is 1. The molecule has 1 fully saturated rings. The third kappa shape index (κ3) is 1.77. The van der Waals surface area contributed by atoms with Gasteiger partial charge >= 0.3 is 0 Å². The summed E-state index contributed by atoms with van der Waals surface area (Å²) in [6.07, 6.45) is 0. The third-order valence-corrected chi connectivity index (χ3v) is 3.24. The van der Waals surface area contributed by atoms with E-state index in [0.717, 1.165) is 11.1 Å². The fraction of sp³-hybridized carbons (Fsp3) is 0.429. The average molecular weight is 245 g/mol. The Morgan fingerprint density at radius 2 is 2.11 bits per heavy atom. The molecule has 0 amide bonds. The largest absolute Gasteiger partial charge is 0.496 e. The summed E-state index contributed by atoms with van der Waals surface area (Å²) in [5.41, 5.74) is 1.32. The molecule has 0 N–H and O–H groups in total. The van der Waals surface area contributed by atoms with E-state index in [2.05, 4.69) is 6.07 Å². The molecule has 1 heterocycles. The van der Waals surface area contributed by atoms with E-state index >= 15 is 0 Å². The molecular weight excluding hydrogens is 230 g/mol. The Morgan fingerprint density at radius 3 is 2.56 bits per heavy atom. The van der Waals surface area contributed by atoms with Crippen LogP contribution in [0.5, 0.6) is 5.75 Å². The Hall–Kier alpha value is -1.86. The molecule has 0 aliphatic carbocycles. The molecule has 94 valence electrons. The summed E-state index contributed by atoms with van der Waals surface area (Å²) in [5, 5.41) is 9.19. The maximum Gasteiger partial charge on any atom is 0.191 e. The summed E-state index contributed by atoms with van der Waals surface area (Å²) in [4.78, 5) is 12.5. The van der Waals surface area contributed by atoms with Gasteiger partial charge in [-0.2, -0.15) is 5.26 Å². The van der Waals surface area contributed by atoms with Crippen molar-refractivity contribution >= 4 is 5.78 Å². The zero-order valence-electron chi connectivity index (χ0n) is 10.7. The quantitative estimate of drug-likeness (QED) is 0.764. The van der Waals surface area contributed by atoms with Crippen LogP contribution < -0.4 is 4.74 Å². The van der Waals surface area contributed by atoms with Crippen molar-refractivity contribution in [3.8, 4) is 11.8 Å². The summed E-state index contributed by atoms with van der Waals surface area (Å²) in [6.45, 7) is 4.13. The summed E-state index contributed by atoms with van der Waals surface area (Å²) < 4.78 is 10.3. The monoisotopic (exact) mass is 245 g/mol. The van der Waals surface area contributed by atoms with Gasteiger partial charge in [-0.15, -0.1) is 0 Å². The molecule has 4 nitrogen and oxygen atoms in total. The molecule has 1 aromatic rings. The molecule has 1 aromatic carbocycles. The molecule has 0 unspecified atom stereocenters. The van der Waals surface area contributed by atoms with E-state index in [1.165, 1.54) is 7.11 Å². The first-order valence-electron chi connectivity index (χ1n) is 5.73. The van der Waals surface area contributed by atoms with Gasteiger partial charge in [-0.1, -0.05) is 6.07 Å². The molecule has 2 rings (SSSR count). The molecular formula is C14H15NO3. The Kier molecular flexibility index (Phi) is 3.10. The first-order valence-corrected chi connectivity index (χ1v) is 5.73. The number of nitrogens with zero attached hydrogens (tertiary/aromatic N) is 1. The minimum Gasteiger partial charge on any atom is -0.496 e. The van der Waals surface area contributed by atoms with E-state index in [-0.39, 0.29) is 19.0 Å². The highest BCUT2D eigenvalue weighted by Crippen LogP contribution is 2.36. The van der Waals surface area contributed by atoms with Crippen molar-refractivity contribution in [1.29, 1.82) is 5.26 Å². The molecule has 18 heavy (non-hydrogen) atoms. The lowest BCUT2D eigenvalue weighted by molar-refractivity contribution is -0.0567. The lowest BCUT2D eigenvalue weighted by atomic mass is 9.78. The predicted molar refractivity (Wildman–Crippen MR) is 65.7 cm³/mol. The van der Waals surface area contributed by atoms with Crippen molar-refractivity contribution in [2.24, 2.45) is 5.41 Å². The number of hydrogen-bond donors (Lipinski definition) is 0. The van der Waals surface area contributed by atoms with Crippen LogP contribution in [0.1, 0.15) is 21.5 Å². The zero-order valence-corrected chi connectivity index (χ0v) is 10.7. The van der Waals surface area contributed by atoms with Crippen LogP contribution in [0.2, 0.25) is 0 Å². The maximum atomic E-state index is 12.5. The van der Waals surface area contributed by atoms with E-state index < -0.39 is 5.41 Å². The van der Waals surface area contributed by atoms with Gasteiger partial charge < -0.3 is 9.47 Å². The summed E-state index contributed by atoms with van der Waals surface area (Å²) in [5.74, 6) is 0.324. The van der Waals surface area contributed by atoms with Crippen molar-refractivity contribution in [2.75, 3.05) is 20.3 Å². The number of carbonyl (C=O) groups excluding carboxylic acids is 1. The van der Waals surface area contributed by atoms with Crippen LogP contribution in [0.3, 0.4) is 0 Å². The van der Waals surface area contributed by atoms with Crippen LogP contribution in [-0.2, 0) is 4.74 Å². The zero-order chi connectivity index (χ0) is 13.3. The van der Waals surface area contributed by atoms with Gasteiger partial charge in [-0.3, -0.25) is 4.79 Å². The highest BCUT2D eigenvalue weighted by molar-refractivity contribution is 6.06. The Labute approximate surface area is 106 Å². The molecule has 0 aromatic heterocycles. The minimum atomic E-state index is -1.03. The SMILES string of the molecule is COc1cc(C)cc(C)c1C(=O)C1(C#N)COC1. The van der Waals surface area contributed by atoms with Crippen molar-refractivity contribution in [1.82, 2.24) is 0 Å². The Morgan fingerprint density at radius 1 is 1.44 bits per heavy atom. The van der Waals surface area contributed by atoms with Crippen molar-refractivity contribution in [3.63, 3.8) is 0 Å². The Balaban J connectivity index is 2.51. The second-order valence-electron chi connectivity index (χ2n) is 4.67. The lowest BCUT2D eigenvalue weighted by Gasteiger charge is -2.34. The van der Waals surface area contributed by atoms with Gasteiger partial charge in [0.05, 0.1) is 32.0 Å². The van der Waals surface area contributed by atoms with Gasteiger partial charge in [0.2, 0.25) is 0 Å². The fourth-order valence-corrected chi connectivity index (χ4v) is 2.17. The summed E-state index contributed by atoms with van der Waals surface area (Å²) in [6, 6.07) is 5.80. The number of aryl methyl sites for hydroxylation is 2. The number of benzene rings is 1. The van der Waals surface area contributed by atoms with Crippen LogP contribution >= 0.6 is 0 Å². The summed E-state index contributed by atoms with van der Waals surface area (Å²) in [7, 11) is 1.53. The van der Waals surface area contributed by atoms with Gasteiger partial charge in [0.15, 0.2) is 11.2 Å². The second kappa shape index (κ2) is 4.43. The second-order valence-corrected chi connectivity index (χ2v) is 4.67. The molecule has 0 spiro atoms.